The second-order valence-electron chi connectivity index (χ2n) is 16.4. The first-order valence-corrected chi connectivity index (χ1v) is 26.9. The minimum Gasteiger partial charge on any atom is -0.462 e. The van der Waals surface area contributed by atoms with Crippen molar-refractivity contribution in [1.82, 2.24) is 0 Å². The van der Waals surface area contributed by atoms with Crippen molar-refractivity contribution in [3.05, 3.63) is 60.8 Å². The number of unbranched alkanes of at least 4 members (excludes halogenated alkanes) is 15. The smallest absolute Gasteiger partial charge is 0.462 e. The van der Waals surface area contributed by atoms with Crippen LogP contribution < -0.4 is 0 Å². The largest absolute Gasteiger partial charge is 0.472 e. The van der Waals surface area contributed by atoms with Crippen molar-refractivity contribution in [1.29, 1.82) is 0 Å². The summed E-state index contributed by atoms with van der Waals surface area (Å²) in [6, 6.07) is 0. The summed E-state index contributed by atoms with van der Waals surface area (Å²) < 4.78 is 49.4. The summed E-state index contributed by atoms with van der Waals surface area (Å²) in [5.41, 5.74) is 0. The molecule has 0 bridgehead atoms. The summed E-state index contributed by atoms with van der Waals surface area (Å²) in [7, 11) is -10.7. The van der Waals surface area contributed by atoms with E-state index in [-0.39, 0.29) is 12.8 Å². The molecule has 0 saturated heterocycles. The van der Waals surface area contributed by atoms with Gasteiger partial charge in [0.15, 0.2) is 6.10 Å². The van der Waals surface area contributed by atoms with Crippen LogP contribution in [-0.4, -0.2) is 103 Å². The fourth-order valence-electron chi connectivity index (χ4n) is 6.89. The highest BCUT2D eigenvalue weighted by Crippen LogP contribution is 2.49. The fourth-order valence-corrected chi connectivity index (χ4v) is 8.43. The predicted octanol–water partition coefficient (Wildman–Crippen LogP) is 9.06. The number of ether oxygens (including phenoxy) is 2. The van der Waals surface area contributed by atoms with Crippen molar-refractivity contribution in [3.63, 3.8) is 0 Å². The maximum Gasteiger partial charge on any atom is 0.472 e. The van der Waals surface area contributed by atoms with Crippen LogP contribution in [0.5, 0.6) is 0 Å². The number of hydrogen-bond donors (Lipinski definition) is 7. The molecular weight excluding hydrogens is 882 g/mol. The van der Waals surface area contributed by atoms with E-state index in [1.807, 2.05) is 0 Å². The van der Waals surface area contributed by atoms with E-state index in [9.17, 15) is 53.8 Å². The number of phosphoric acid groups is 2. The number of esters is 2. The van der Waals surface area contributed by atoms with Gasteiger partial charge in [0.2, 0.25) is 0 Å². The van der Waals surface area contributed by atoms with Crippen LogP contribution in [0.2, 0.25) is 0 Å². The third kappa shape index (κ3) is 32.2. The van der Waals surface area contributed by atoms with E-state index < -0.39 is 83.5 Å². The molecule has 1 aliphatic carbocycles. The second-order valence-corrected chi connectivity index (χ2v) is 19.0. The molecule has 1 aliphatic rings. The Balaban J connectivity index is 2.61. The van der Waals surface area contributed by atoms with Crippen molar-refractivity contribution >= 4 is 27.6 Å². The van der Waals surface area contributed by atoms with Gasteiger partial charge in [0.1, 0.15) is 43.2 Å². The van der Waals surface area contributed by atoms with E-state index in [1.165, 1.54) is 38.5 Å². The second kappa shape index (κ2) is 37.7. The van der Waals surface area contributed by atoms with E-state index in [2.05, 4.69) is 79.1 Å². The van der Waals surface area contributed by atoms with Crippen LogP contribution >= 0.6 is 15.6 Å². The van der Waals surface area contributed by atoms with Crippen LogP contribution in [0.25, 0.3) is 0 Å². The normalized spacial score (nSPS) is 22.2. The van der Waals surface area contributed by atoms with Gasteiger partial charge in [-0.15, -0.1) is 0 Å². The molecule has 0 radical (unpaired) electrons. The van der Waals surface area contributed by atoms with Gasteiger partial charge in [0.05, 0.1) is 6.61 Å². The number of carbonyl (C=O) groups is 2. The van der Waals surface area contributed by atoms with Crippen LogP contribution in [0.4, 0.5) is 0 Å². The summed E-state index contributed by atoms with van der Waals surface area (Å²) in [4.78, 5) is 54.3. The number of aliphatic hydroxyl groups excluding tert-OH is 4. The third-order valence-corrected chi connectivity index (χ3v) is 12.1. The van der Waals surface area contributed by atoms with Crippen LogP contribution in [-0.2, 0) is 41.8 Å². The van der Waals surface area contributed by atoms with Gasteiger partial charge in [-0.2, -0.15) is 0 Å². The summed E-state index contributed by atoms with van der Waals surface area (Å²) in [6.45, 7) is 2.96. The van der Waals surface area contributed by atoms with Gasteiger partial charge in [0, 0.05) is 12.8 Å². The quantitative estimate of drug-likeness (QED) is 0.0131. The Bertz CT molecular complexity index is 1490. The minimum absolute atomic E-state index is 0.0262. The Morgan fingerprint density at radius 2 is 0.938 bits per heavy atom. The molecule has 0 aromatic heterocycles. The lowest BCUT2D eigenvalue weighted by molar-refractivity contribution is -0.216. The van der Waals surface area contributed by atoms with Crippen LogP contribution in [0.3, 0.4) is 0 Å². The zero-order valence-electron chi connectivity index (χ0n) is 38.9. The standard InChI is InChI=1S/C47H82O16P2/c1-3-5-7-9-11-13-15-17-19-20-22-23-25-27-29-31-33-35-40(48)59-37-39(61-41(49)36-34-32-30-28-26-24-21-18-16-14-12-10-8-6-4-2)38-60-65(57,58)63-47-44(52)42(50)43(51)46(45(47)53)62-64(54,55)56/h5,7,11,13,17-19,21-23,39,42-47,50-53H,3-4,6,8-10,12,14-16,20,24-38H2,1-2H3,(H,57,58)(H2,54,55,56)/b7-5-,13-11-,19-17-,21-18-,23-22-/t39-,42?,43?,44?,45?,46-,47+/m1/s1. The van der Waals surface area contributed by atoms with Gasteiger partial charge in [0.25, 0.3) is 0 Å². The minimum atomic E-state index is -5.37. The van der Waals surface area contributed by atoms with E-state index in [0.29, 0.717) is 12.8 Å². The first-order valence-electron chi connectivity index (χ1n) is 23.8. The highest BCUT2D eigenvalue weighted by Gasteiger charge is 2.54. The molecule has 8 atom stereocenters. The van der Waals surface area contributed by atoms with Crippen molar-refractivity contribution in [3.8, 4) is 0 Å². The van der Waals surface area contributed by atoms with Gasteiger partial charge in [-0.05, 0) is 77.0 Å². The Kier molecular flexibility index (Phi) is 35.2. The molecule has 0 aliphatic heterocycles. The molecule has 1 fully saturated rings. The molecule has 1 rings (SSSR count). The van der Waals surface area contributed by atoms with E-state index in [1.54, 1.807) is 0 Å². The molecule has 5 unspecified atom stereocenters. The first-order chi connectivity index (χ1) is 31.1. The average molecular weight is 965 g/mol. The first kappa shape index (κ1) is 60.7. The Hall–Kier alpha value is -2.30. The van der Waals surface area contributed by atoms with Gasteiger partial charge >= 0.3 is 27.6 Å². The van der Waals surface area contributed by atoms with Crippen LogP contribution in [0.15, 0.2) is 60.8 Å². The highest BCUT2D eigenvalue weighted by molar-refractivity contribution is 7.47. The summed E-state index contributed by atoms with van der Waals surface area (Å²) in [6.07, 6.45) is 28.9. The molecule has 65 heavy (non-hydrogen) atoms. The van der Waals surface area contributed by atoms with Crippen molar-refractivity contribution in [2.45, 2.75) is 211 Å². The lowest BCUT2D eigenvalue weighted by Gasteiger charge is -2.43. The zero-order valence-corrected chi connectivity index (χ0v) is 40.7. The number of hydrogen-bond acceptors (Lipinski definition) is 13. The molecule has 0 amide bonds. The Morgan fingerprint density at radius 1 is 0.508 bits per heavy atom. The molecule has 0 heterocycles. The zero-order chi connectivity index (χ0) is 48.2. The van der Waals surface area contributed by atoms with Crippen molar-refractivity contribution in [2.24, 2.45) is 0 Å². The number of allylic oxidation sites excluding steroid dienone is 10. The number of carbonyl (C=O) groups excluding carboxylic acids is 2. The Morgan fingerprint density at radius 3 is 1.45 bits per heavy atom. The third-order valence-electron chi connectivity index (χ3n) is 10.6. The molecule has 0 aromatic rings. The number of rotatable bonds is 39. The predicted molar refractivity (Wildman–Crippen MR) is 250 cm³/mol. The highest BCUT2D eigenvalue weighted by atomic mass is 31.2. The van der Waals surface area contributed by atoms with E-state index in [4.69, 9.17) is 18.5 Å². The van der Waals surface area contributed by atoms with Crippen molar-refractivity contribution < 1.29 is 76.9 Å². The van der Waals surface area contributed by atoms with E-state index >= 15 is 0 Å². The topological polar surface area (TPSA) is 256 Å². The molecular formula is C47H82O16P2. The maximum atomic E-state index is 13.0. The molecule has 376 valence electrons. The molecule has 0 spiro atoms. The average Bonchev–Trinajstić information content (AvgIpc) is 3.26. The lowest BCUT2D eigenvalue weighted by atomic mass is 9.85. The van der Waals surface area contributed by atoms with Gasteiger partial charge < -0.3 is 44.6 Å². The Labute approximate surface area is 388 Å². The fraction of sp³-hybridized carbons (Fsp3) is 0.745. The molecule has 1 saturated carbocycles. The summed E-state index contributed by atoms with van der Waals surface area (Å²) in [5.74, 6) is -1.25. The molecule has 16 nitrogen and oxygen atoms in total. The summed E-state index contributed by atoms with van der Waals surface area (Å²) >= 11 is 0. The maximum absolute atomic E-state index is 13.0. The van der Waals surface area contributed by atoms with Crippen molar-refractivity contribution in [2.75, 3.05) is 13.2 Å². The lowest BCUT2D eigenvalue weighted by Crippen LogP contribution is -2.64. The monoisotopic (exact) mass is 965 g/mol. The number of phosphoric ester groups is 2. The molecule has 7 N–H and O–H groups in total. The molecule has 18 heteroatoms. The van der Waals surface area contributed by atoms with Gasteiger partial charge in [-0.3, -0.25) is 23.2 Å². The van der Waals surface area contributed by atoms with Crippen LogP contribution in [0, 0.1) is 0 Å². The van der Waals surface area contributed by atoms with Crippen LogP contribution in [0.1, 0.15) is 168 Å². The van der Waals surface area contributed by atoms with E-state index in [0.717, 1.165) is 89.9 Å². The van der Waals surface area contributed by atoms with Gasteiger partial charge in [-0.1, -0.05) is 139 Å². The number of aliphatic hydroxyl groups is 4. The van der Waals surface area contributed by atoms with Gasteiger partial charge in [-0.25, -0.2) is 9.13 Å². The SMILES string of the molecule is CC/C=C\C/C=C\C/C=C\C/C=C\CCCCCCC(=O)OC[C@H](COP(=O)(O)O[C@H]1C(O)C(O)C(O)[C@@H](OP(=O)(O)O)C1O)OC(=O)CCCCCCC/C=C\CCCCCCCC. The molecule has 0 aromatic carbocycles. The summed E-state index contributed by atoms with van der Waals surface area (Å²) in [5, 5.41) is 41.2.